The number of nitrogens with zero attached hydrogens (tertiary/aromatic N) is 5. The molecule has 3 aromatic rings. The van der Waals surface area contributed by atoms with Gasteiger partial charge in [0.05, 0.1) is 11.7 Å². The molecule has 0 spiro atoms. The Labute approximate surface area is 140 Å². The van der Waals surface area contributed by atoms with Gasteiger partial charge in [0.25, 0.3) is 0 Å². The molecule has 0 unspecified atom stereocenters. The van der Waals surface area contributed by atoms with Gasteiger partial charge in [-0.2, -0.15) is 5.10 Å². The SMILES string of the molecule is c1ccc(OC[C@@H]2CN(Cc3cccnc3)Cc3ccnn32)nc1. The molecule has 122 valence electrons. The van der Waals surface area contributed by atoms with Crippen molar-refractivity contribution < 1.29 is 4.74 Å². The highest BCUT2D eigenvalue weighted by atomic mass is 16.5. The monoisotopic (exact) mass is 321 g/mol. The Balaban J connectivity index is 1.47. The first-order chi connectivity index (χ1) is 11.9. The van der Waals surface area contributed by atoms with Crippen molar-refractivity contribution in [3.63, 3.8) is 0 Å². The van der Waals surface area contributed by atoms with Gasteiger partial charge in [-0.1, -0.05) is 12.1 Å². The largest absolute Gasteiger partial charge is 0.475 e. The Bertz CT molecular complexity index is 774. The molecular weight excluding hydrogens is 302 g/mol. The lowest BCUT2D eigenvalue weighted by Gasteiger charge is -2.33. The molecule has 3 aromatic heterocycles. The molecule has 6 heteroatoms. The van der Waals surface area contributed by atoms with Crippen LogP contribution in [-0.2, 0) is 13.1 Å². The zero-order valence-corrected chi connectivity index (χ0v) is 13.3. The van der Waals surface area contributed by atoms with E-state index in [4.69, 9.17) is 4.74 Å². The van der Waals surface area contributed by atoms with E-state index in [-0.39, 0.29) is 6.04 Å². The summed E-state index contributed by atoms with van der Waals surface area (Å²) >= 11 is 0. The number of aromatic nitrogens is 4. The van der Waals surface area contributed by atoms with Crippen LogP contribution in [0, 0.1) is 0 Å². The van der Waals surface area contributed by atoms with Gasteiger partial charge in [0, 0.05) is 50.5 Å². The van der Waals surface area contributed by atoms with Crippen molar-refractivity contribution in [3.8, 4) is 5.88 Å². The van der Waals surface area contributed by atoms with Gasteiger partial charge >= 0.3 is 0 Å². The molecule has 1 atom stereocenters. The van der Waals surface area contributed by atoms with Crippen LogP contribution in [0.15, 0.2) is 61.2 Å². The van der Waals surface area contributed by atoms with E-state index in [1.807, 2.05) is 36.7 Å². The normalized spacial score (nSPS) is 17.4. The third-order valence-corrected chi connectivity index (χ3v) is 4.14. The Hall–Kier alpha value is -2.73. The smallest absolute Gasteiger partial charge is 0.213 e. The van der Waals surface area contributed by atoms with Crippen LogP contribution in [0.2, 0.25) is 0 Å². The first kappa shape index (κ1) is 14.8. The maximum atomic E-state index is 5.86. The van der Waals surface area contributed by atoms with E-state index < -0.39 is 0 Å². The predicted molar refractivity (Wildman–Crippen MR) is 89.3 cm³/mol. The summed E-state index contributed by atoms with van der Waals surface area (Å²) in [7, 11) is 0. The van der Waals surface area contributed by atoms with Crippen LogP contribution in [0.4, 0.5) is 0 Å². The average molecular weight is 321 g/mol. The number of hydrogen-bond acceptors (Lipinski definition) is 5. The fourth-order valence-electron chi connectivity index (χ4n) is 3.07. The zero-order valence-electron chi connectivity index (χ0n) is 13.3. The van der Waals surface area contributed by atoms with Crippen LogP contribution >= 0.6 is 0 Å². The third-order valence-electron chi connectivity index (χ3n) is 4.14. The molecule has 1 aliphatic heterocycles. The Morgan fingerprint density at radius 1 is 1.08 bits per heavy atom. The summed E-state index contributed by atoms with van der Waals surface area (Å²) in [4.78, 5) is 10.8. The summed E-state index contributed by atoms with van der Waals surface area (Å²) in [5.74, 6) is 0.649. The number of rotatable bonds is 5. The van der Waals surface area contributed by atoms with Crippen molar-refractivity contribution in [3.05, 3.63) is 72.4 Å². The van der Waals surface area contributed by atoms with Gasteiger partial charge in [0.1, 0.15) is 6.61 Å². The highest BCUT2D eigenvalue weighted by Gasteiger charge is 2.26. The molecule has 0 radical (unpaired) electrons. The topological polar surface area (TPSA) is 56.1 Å². The average Bonchev–Trinajstić information content (AvgIpc) is 3.10. The van der Waals surface area contributed by atoms with Crippen LogP contribution in [-0.4, -0.2) is 37.8 Å². The Morgan fingerprint density at radius 2 is 2.08 bits per heavy atom. The van der Waals surface area contributed by atoms with Gasteiger partial charge in [-0.05, 0) is 23.8 Å². The molecule has 0 saturated heterocycles. The molecule has 0 saturated carbocycles. The van der Waals surface area contributed by atoms with E-state index in [0.717, 1.165) is 19.6 Å². The maximum absolute atomic E-state index is 5.86. The van der Waals surface area contributed by atoms with Crippen LogP contribution in [0.5, 0.6) is 5.88 Å². The van der Waals surface area contributed by atoms with E-state index in [0.29, 0.717) is 12.5 Å². The second kappa shape index (κ2) is 6.80. The zero-order chi connectivity index (χ0) is 16.2. The van der Waals surface area contributed by atoms with Crippen molar-refractivity contribution in [2.45, 2.75) is 19.1 Å². The fraction of sp³-hybridized carbons (Fsp3) is 0.278. The van der Waals surface area contributed by atoms with Crippen LogP contribution in [0.1, 0.15) is 17.3 Å². The second-order valence-corrected chi connectivity index (χ2v) is 5.93. The predicted octanol–water partition coefficient (Wildman–Crippen LogP) is 2.31. The van der Waals surface area contributed by atoms with Crippen molar-refractivity contribution in [1.82, 2.24) is 24.6 Å². The first-order valence-corrected chi connectivity index (χ1v) is 8.06. The van der Waals surface area contributed by atoms with E-state index in [1.54, 1.807) is 12.4 Å². The number of hydrogen-bond donors (Lipinski definition) is 0. The number of ether oxygens (including phenoxy) is 1. The van der Waals surface area contributed by atoms with E-state index in [2.05, 4.69) is 36.8 Å². The molecule has 1 aliphatic rings. The molecule has 0 fully saturated rings. The van der Waals surface area contributed by atoms with Crippen molar-refractivity contribution in [2.24, 2.45) is 0 Å². The minimum absolute atomic E-state index is 0.169. The van der Waals surface area contributed by atoms with Crippen LogP contribution in [0.3, 0.4) is 0 Å². The van der Waals surface area contributed by atoms with E-state index in [9.17, 15) is 0 Å². The van der Waals surface area contributed by atoms with E-state index >= 15 is 0 Å². The lowest BCUT2D eigenvalue weighted by atomic mass is 10.1. The van der Waals surface area contributed by atoms with Gasteiger partial charge in [0.2, 0.25) is 5.88 Å². The lowest BCUT2D eigenvalue weighted by molar-refractivity contribution is 0.125. The quantitative estimate of drug-likeness (QED) is 0.722. The van der Waals surface area contributed by atoms with Crippen molar-refractivity contribution in [1.29, 1.82) is 0 Å². The van der Waals surface area contributed by atoms with Crippen molar-refractivity contribution >= 4 is 0 Å². The first-order valence-electron chi connectivity index (χ1n) is 8.06. The summed E-state index contributed by atoms with van der Waals surface area (Å²) in [5, 5.41) is 4.47. The van der Waals surface area contributed by atoms with Crippen LogP contribution in [0.25, 0.3) is 0 Å². The Kier molecular flexibility index (Phi) is 4.20. The summed E-state index contributed by atoms with van der Waals surface area (Å²) in [6.07, 6.45) is 7.32. The summed E-state index contributed by atoms with van der Waals surface area (Å²) in [5.41, 5.74) is 2.43. The van der Waals surface area contributed by atoms with Gasteiger partial charge in [-0.3, -0.25) is 14.6 Å². The molecule has 4 rings (SSSR count). The van der Waals surface area contributed by atoms with Gasteiger partial charge in [-0.25, -0.2) is 4.98 Å². The van der Waals surface area contributed by atoms with Crippen LogP contribution < -0.4 is 4.74 Å². The standard InChI is InChI=1S/C18H19N5O/c1-2-8-20-18(5-1)24-14-17-13-22(11-15-4-3-7-19-10-15)12-16-6-9-21-23(16)17/h1-10,17H,11-14H2/t17-/m0/s1. The number of pyridine rings is 2. The summed E-state index contributed by atoms with van der Waals surface area (Å²) in [6, 6.07) is 12.0. The van der Waals surface area contributed by atoms with E-state index in [1.165, 1.54) is 11.3 Å². The summed E-state index contributed by atoms with van der Waals surface area (Å²) in [6.45, 7) is 3.19. The summed E-state index contributed by atoms with van der Waals surface area (Å²) < 4.78 is 7.93. The maximum Gasteiger partial charge on any atom is 0.213 e. The molecule has 0 aromatic carbocycles. The molecule has 0 aliphatic carbocycles. The second-order valence-electron chi connectivity index (χ2n) is 5.93. The lowest BCUT2D eigenvalue weighted by Crippen LogP contribution is -2.39. The minimum Gasteiger partial charge on any atom is -0.475 e. The van der Waals surface area contributed by atoms with Gasteiger partial charge < -0.3 is 4.74 Å². The minimum atomic E-state index is 0.169. The molecule has 0 amide bonds. The highest BCUT2D eigenvalue weighted by molar-refractivity contribution is 5.12. The number of fused-ring (bicyclic) bond motifs is 1. The molecule has 6 nitrogen and oxygen atoms in total. The molecule has 0 N–H and O–H groups in total. The third kappa shape index (κ3) is 3.28. The van der Waals surface area contributed by atoms with Crippen molar-refractivity contribution in [2.75, 3.05) is 13.2 Å². The molecule has 24 heavy (non-hydrogen) atoms. The molecule has 4 heterocycles. The molecular formula is C18H19N5O. The fourth-order valence-corrected chi connectivity index (χ4v) is 3.07. The molecule has 0 bridgehead atoms. The van der Waals surface area contributed by atoms with Gasteiger partial charge in [0.15, 0.2) is 0 Å². The Morgan fingerprint density at radius 3 is 2.92 bits per heavy atom. The van der Waals surface area contributed by atoms with Gasteiger partial charge in [-0.15, -0.1) is 0 Å². The highest BCUT2D eigenvalue weighted by Crippen LogP contribution is 2.22.